The average Bonchev–Trinajstić information content (AvgIpc) is 3.06. The van der Waals surface area contributed by atoms with Crippen LogP contribution >= 0.6 is 12.2 Å². The average molecular weight is 254 g/mol. The number of nitrogens with one attached hydrogen (secondary N) is 1. The van der Waals surface area contributed by atoms with Crippen LogP contribution in [-0.2, 0) is 6.54 Å². The second-order valence-corrected chi connectivity index (χ2v) is 4.96. The number of nitrogens with zero attached hydrogens (tertiary/aromatic N) is 1. The summed E-state index contributed by atoms with van der Waals surface area (Å²) in [6.45, 7) is 0.657. The lowest BCUT2D eigenvalue weighted by molar-refractivity contribution is 0.508. The van der Waals surface area contributed by atoms with E-state index < -0.39 is 11.6 Å². The van der Waals surface area contributed by atoms with Crippen molar-refractivity contribution in [2.24, 2.45) is 5.92 Å². The van der Waals surface area contributed by atoms with E-state index in [0.717, 1.165) is 18.4 Å². The summed E-state index contributed by atoms with van der Waals surface area (Å²) in [6, 6.07) is 2.64. The summed E-state index contributed by atoms with van der Waals surface area (Å²) in [5, 5.41) is 0. The van der Waals surface area contributed by atoms with Crippen LogP contribution < -0.4 is 0 Å². The molecule has 5 heteroatoms. The number of aromatic nitrogens is 2. The van der Waals surface area contributed by atoms with Crippen molar-refractivity contribution < 1.29 is 8.78 Å². The molecule has 90 valence electrons. The number of hydrogen-bond donors (Lipinski definition) is 1. The fourth-order valence-electron chi connectivity index (χ4n) is 2.12. The number of imidazole rings is 1. The van der Waals surface area contributed by atoms with Gasteiger partial charge in [-0.15, -0.1) is 0 Å². The molecule has 1 N–H and O–H groups in total. The van der Waals surface area contributed by atoms with E-state index in [1.54, 1.807) is 4.57 Å². The maximum Gasteiger partial charge on any atom is 0.184 e. The Labute approximate surface area is 102 Å². The summed E-state index contributed by atoms with van der Waals surface area (Å²) in [5.41, 5.74) is 0.820. The molecule has 0 unspecified atom stereocenters. The van der Waals surface area contributed by atoms with Crippen molar-refractivity contribution in [2.45, 2.75) is 25.8 Å². The molecule has 1 fully saturated rings. The van der Waals surface area contributed by atoms with E-state index >= 15 is 0 Å². The lowest BCUT2D eigenvalue weighted by Crippen LogP contribution is -2.01. The third-order valence-electron chi connectivity index (χ3n) is 3.28. The van der Waals surface area contributed by atoms with Crippen LogP contribution in [0.3, 0.4) is 0 Å². The Morgan fingerprint density at radius 2 is 2.12 bits per heavy atom. The van der Waals surface area contributed by atoms with Gasteiger partial charge in [-0.05, 0) is 36.7 Å². The maximum absolute atomic E-state index is 13.8. The largest absolute Gasteiger partial charge is 0.330 e. The van der Waals surface area contributed by atoms with Gasteiger partial charge in [-0.2, -0.15) is 0 Å². The van der Waals surface area contributed by atoms with Gasteiger partial charge in [-0.3, -0.25) is 0 Å². The van der Waals surface area contributed by atoms with Gasteiger partial charge in [0.2, 0.25) is 0 Å². The number of H-pyrrole nitrogens is 1. The van der Waals surface area contributed by atoms with Crippen molar-refractivity contribution in [1.82, 2.24) is 9.55 Å². The summed E-state index contributed by atoms with van der Waals surface area (Å²) in [7, 11) is 0. The van der Waals surface area contributed by atoms with Gasteiger partial charge in [0.1, 0.15) is 5.52 Å². The van der Waals surface area contributed by atoms with Crippen LogP contribution in [0.15, 0.2) is 12.1 Å². The first-order valence-electron chi connectivity index (χ1n) is 5.73. The molecule has 1 aliphatic carbocycles. The highest BCUT2D eigenvalue weighted by Crippen LogP contribution is 2.33. The molecule has 0 atom stereocenters. The van der Waals surface area contributed by atoms with Gasteiger partial charge in [0.25, 0.3) is 0 Å². The number of halogens is 2. The lowest BCUT2D eigenvalue weighted by Gasteiger charge is -2.04. The molecule has 2 nitrogen and oxygen atoms in total. The van der Waals surface area contributed by atoms with Crippen LogP contribution in [0.2, 0.25) is 0 Å². The Morgan fingerprint density at radius 1 is 1.35 bits per heavy atom. The Balaban J connectivity index is 2.10. The van der Waals surface area contributed by atoms with Crippen LogP contribution in [0.4, 0.5) is 8.78 Å². The second kappa shape index (κ2) is 3.91. The molecule has 3 rings (SSSR count). The van der Waals surface area contributed by atoms with Gasteiger partial charge in [-0.1, -0.05) is 12.8 Å². The number of rotatable bonds is 3. The molecular weight excluding hydrogens is 242 g/mol. The molecule has 17 heavy (non-hydrogen) atoms. The van der Waals surface area contributed by atoms with Crippen molar-refractivity contribution in [2.75, 3.05) is 0 Å². The van der Waals surface area contributed by atoms with Gasteiger partial charge in [0, 0.05) is 6.54 Å². The van der Waals surface area contributed by atoms with E-state index in [4.69, 9.17) is 12.2 Å². The normalized spacial score (nSPS) is 15.6. The topological polar surface area (TPSA) is 20.7 Å². The molecule has 1 saturated carbocycles. The molecule has 0 aliphatic heterocycles. The zero-order valence-electron chi connectivity index (χ0n) is 9.17. The first kappa shape index (κ1) is 10.9. The summed E-state index contributed by atoms with van der Waals surface area (Å²) in [5.74, 6) is -0.907. The smallest absolute Gasteiger partial charge is 0.184 e. The van der Waals surface area contributed by atoms with Gasteiger partial charge >= 0.3 is 0 Å². The Morgan fingerprint density at radius 3 is 2.82 bits per heavy atom. The number of aryl methyl sites for hydroxylation is 1. The standard InChI is InChI=1S/C12H12F2N2S/c13-8-3-4-9-11(10(8)14)16(12(17)15-9)6-5-7-1-2-7/h3-4,7H,1-2,5-6H2,(H,15,17). The minimum absolute atomic E-state index is 0.260. The molecule has 1 heterocycles. The summed E-state index contributed by atoms with van der Waals surface area (Å²) >= 11 is 5.15. The van der Waals surface area contributed by atoms with Crippen molar-refractivity contribution >= 4 is 23.3 Å². The van der Waals surface area contributed by atoms with Crippen LogP contribution in [-0.4, -0.2) is 9.55 Å². The summed E-state index contributed by atoms with van der Waals surface area (Å²) < 4.78 is 29.1. The fourth-order valence-corrected chi connectivity index (χ4v) is 2.41. The minimum atomic E-state index is -0.827. The Bertz CT molecular complexity index is 625. The van der Waals surface area contributed by atoms with Crippen molar-refractivity contribution in [1.29, 1.82) is 0 Å². The summed E-state index contributed by atoms with van der Waals surface area (Å²) in [4.78, 5) is 2.91. The van der Waals surface area contributed by atoms with Crippen molar-refractivity contribution in [3.8, 4) is 0 Å². The molecule has 0 spiro atoms. The molecule has 1 aliphatic rings. The first-order chi connectivity index (χ1) is 8.16. The molecule has 0 amide bonds. The highest BCUT2D eigenvalue weighted by Gasteiger charge is 2.22. The summed E-state index contributed by atoms with van der Waals surface area (Å²) in [6.07, 6.45) is 3.47. The number of fused-ring (bicyclic) bond motifs is 1. The quantitative estimate of drug-likeness (QED) is 0.827. The van der Waals surface area contributed by atoms with Crippen LogP contribution in [0.5, 0.6) is 0 Å². The molecular formula is C12H12F2N2S. The van der Waals surface area contributed by atoms with Crippen LogP contribution in [0.25, 0.3) is 11.0 Å². The van der Waals surface area contributed by atoms with E-state index in [2.05, 4.69) is 4.98 Å². The maximum atomic E-state index is 13.8. The number of benzene rings is 1. The van der Waals surface area contributed by atoms with Crippen molar-refractivity contribution in [3.05, 3.63) is 28.5 Å². The molecule has 2 aromatic rings. The molecule has 0 radical (unpaired) electrons. The molecule has 0 saturated heterocycles. The molecule has 1 aromatic carbocycles. The fraction of sp³-hybridized carbons (Fsp3) is 0.417. The third kappa shape index (κ3) is 1.88. The number of hydrogen-bond acceptors (Lipinski definition) is 1. The van der Waals surface area contributed by atoms with Crippen molar-refractivity contribution in [3.63, 3.8) is 0 Å². The zero-order chi connectivity index (χ0) is 12.0. The zero-order valence-corrected chi connectivity index (χ0v) is 9.99. The second-order valence-electron chi connectivity index (χ2n) is 4.57. The highest BCUT2D eigenvalue weighted by molar-refractivity contribution is 7.71. The number of aromatic amines is 1. The predicted octanol–water partition coefficient (Wildman–Crippen LogP) is 3.78. The monoisotopic (exact) mass is 254 g/mol. The van der Waals surface area contributed by atoms with Crippen LogP contribution in [0, 0.1) is 22.3 Å². The van der Waals surface area contributed by atoms with E-state index in [1.807, 2.05) is 0 Å². The van der Waals surface area contributed by atoms with Gasteiger partial charge in [0.05, 0.1) is 5.52 Å². The van der Waals surface area contributed by atoms with Gasteiger partial charge < -0.3 is 9.55 Å². The van der Waals surface area contributed by atoms with E-state index in [0.29, 0.717) is 16.8 Å². The van der Waals surface area contributed by atoms with E-state index in [1.165, 1.54) is 18.9 Å². The SMILES string of the molecule is Fc1ccc2[nH]c(=S)n(CCC3CC3)c2c1F. The van der Waals surface area contributed by atoms with Gasteiger partial charge in [0.15, 0.2) is 16.4 Å². The van der Waals surface area contributed by atoms with E-state index in [-0.39, 0.29) is 5.52 Å². The Hall–Kier alpha value is -1.23. The van der Waals surface area contributed by atoms with E-state index in [9.17, 15) is 8.78 Å². The molecule has 1 aromatic heterocycles. The van der Waals surface area contributed by atoms with Gasteiger partial charge in [-0.25, -0.2) is 8.78 Å². The minimum Gasteiger partial charge on any atom is -0.330 e. The highest BCUT2D eigenvalue weighted by atomic mass is 32.1. The Kier molecular flexibility index (Phi) is 2.50. The predicted molar refractivity (Wildman–Crippen MR) is 64.4 cm³/mol. The lowest BCUT2D eigenvalue weighted by atomic mass is 10.2. The third-order valence-corrected chi connectivity index (χ3v) is 3.61. The molecule has 0 bridgehead atoms. The first-order valence-corrected chi connectivity index (χ1v) is 6.14. The van der Waals surface area contributed by atoms with Crippen LogP contribution in [0.1, 0.15) is 19.3 Å².